The van der Waals surface area contributed by atoms with Gasteiger partial charge in [-0.1, -0.05) is 6.07 Å². The van der Waals surface area contributed by atoms with Crippen LogP contribution in [0.5, 0.6) is 0 Å². The van der Waals surface area contributed by atoms with Crippen molar-refractivity contribution in [2.24, 2.45) is 5.92 Å². The van der Waals surface area contributed by atoms with E-state index >= 15 is 0 Å². The Kier molecular flexibility index (Phi) is 5.85. The van der Waals surface area contributed by atoms with Crippen LogP contribution in [0.1, 0.15) is 31.4 Å². The van der Waals surface area contributed by atoms with Gasteiger partial charge in [-0.25, -0.2) is 0 Å². The molecule has 0 bridgehead atoms. The smallest absolute Gasteiger partial charge is 0.227 e. The molecule has 24 heavy (non-hydrogen) atoms. The van der Waals surface area contributed by atoms with Crippen LogP contribution in [0.4, 0.5) is 0 Å². The Bertz CT molecular complexity index is 527. The number of rotatable bonds is 4. The van der Waals surface area contributed by atoms with E-state index in [-0.39, 0.29) is 11.8 Å². The SMILES string of the molecule is CN1CCC(N2CCC[C@@H](C(=O)N(C)Cc3ccccn3)C2)CC1. The van der Waals surface area contributed by atoms with E-state index in [2.05, 4.69) is 21.8 Å². The molecule has 5 heteroatoms. The maximum absolute atomic E-state index is 12.8. The highest BCUT2D eigenvalue weighted by atomic mass is 16.2. The number of amides is 1. The Hall–Kier alpha value is -1.46. The summed E-state index contributed by atoms with van der Waals surface area (Å²) in [5.74, 6) is 0.422. The first kappa shape index (κ1) is 17.4. The van der Waals surface area contributed by atoms with E-state index in [1.165, 1.54) is 25.9 Å². The van der Waals surface area contributed by atoms with Gasteiger partial charge in [-0.3, -0.25) is 14.7 Å². The molecule has 2 aliphatic heterocycles. The number of hydrogen-bond donors (Lipinski definition) is 0. The van der Waals surface area contributed by atoms with E-state index in [1.807, 2.05) is 30.1 Å². The van der Waals surface area contributed by atoms with Crippen LogP contribution in [0.15, 0.2) is 24.4 Å². The van der Waals surface area contributed by atoms with E-state index in [1.54, 1.807) is 6.20 Å². The van der Waals surface area contributed by atoms with Gasteiger partial charge in [0.2, 0.25) is 5.91 Å². The molecule has 132 valence electrons. The lowest BCUT2D eigenvalue weighted by Gasteiger charge is -2.41. The van der Waals surface area contributed by atoms with Crippen molar-refractivity contribution in [1.82, 2.24) is 19.7 Å². The number of carbonyl (C=O) groups is 1. The zero-order valence-electron chi connectivity index (χ0n) is 15.0. The topological polar surface area (TPSA) is 39.7 Å². The Labute approximate surface area is 145 Å². The van der Waals surface area contributed by atoms with E-state index in [0.717, 1.165) is 31.6 Å². The van der Waals surface area contributed by atoms with Crippen molar-refractivity contribution in [2.75, 3.05) is 40.3 Å². The average molecular weight is 330 g/mol. The van der Waals surface area contributed by atoms with Gasteiger partial charge in [-0.15, -0.1) is 0 Å². The van der Waals surface area contributed by atoms with Crippen molar-refractivity contribution in [3.8, 4) is 0 Å². The molecule has 0 saturated carbocycles. The second-order valence-electron chi connectivity index (χ2n) is 7.38. The van der Waals surface area contributed by atoms with E-state index in [4.69, 9.17) is 0 Å². The Morgan fingerprint density at radius 2 is 2.04 bits per heavy atom. The average Bonchev–Trinajstić information content (AvgIpc) is 2.62. The highest BCUT2D eigenvalue weighted by Gasteiger charge is 2.32. The zero-order chi connectivity index (χ0) is 16.9. The molecule has 3 rings (SSSR count). The van der Waals surface area contributed by atoms with Crippen molar-refractivity contribution < 1.29 is 4.79 Å². The lowest BCUT2D eigenvalue weighted by Crippen LogP contribution is -2.50. The van der Waals surface area contributed by atoms with Crippen molar-refractivity contribution in [2.45, 2.75) is 38.3 Å². The van der Waals surface area contributed by atoms with Crippen molar-refractivity contribution in [3.63, 3.8) is 0 Å². The molecule has 0 N–H and O–H groups in total. The third kappa shape index (κ3) is 4.33. The minimum Gasteiger partial charge on any atom is -0.340 e. The molecule has 0 aromatic carbocycles. The summed E-state index contributed by atoms with van der Waals surface area (Å²) in [6.07, 6.45) is 6.42. The van der Waals surface area contributed by atoms with Crippen LogP contribution in [0.3, 0.4) is 0 Å². The summed E-state index contributed by atoms with van der Waals surface area (Å²) in [7, 11) is 4.11. The lowest BCUT2D eigenvalue weighted by molar-refractivity contribution is -0.137. The Morgan fingerprint density at radius 3 is 2.75 bits per heavy atom. The molecule has 0 unspecified atom stereocenters. The van der Waals surface area contributed by atoms with Gasteiger partial charge in [-0.2, -0.15) is 0 Å². The Balaban J connectivity index is 1.54. The van der Waals surface area contributed by atoms with Crippen molar-refractivity contribution in [1.29, 1.82) is 0 Å². The second-order valence-corrected chi connectivity index (χ2v) is 7.38. The van der Waals surface area contributed by atoms with Crippen molar-refractivity contribution >= 4 is 5.91 Å². The highest BCUT2D eigenvalue weighted by Crippen LogP contribution is 2.24. The normalized spacial score (nSPS) is 24.0. The van der Waals surface area contributed by atoms with Gasteiger partial charge in [0.1, 0.15) is 0 Å². The molecular formula is C19H30N4O. The summed E-state index contributed by atoms with van der Waals surface area (Å²) in [6.45, 7) is 5.05. The minimum atomic E-state index is 0.145. The summed E-state index contributed by atoms with van der Waals surface area (Å²) in [5.41, 5.74) is 0.955. The predicted octanol–water partition coefficient (Wildman–Crippen LogP) is 1.85. The molecule has 1 amide bonds. The monoisotopic (exact) mass is 330 g/mol. The molecule has 1 aromatic rings. The number of likely N-dealkylation sites (tertiary alicyclic amines) is 2. The molecule has 3 heterocycles. The molecule has 2 saturated heterocycles. The van der Waals surface area contributed by atoms with Gasteiger partial charge in [0.05, 0.1) is 18.2 Å². The molecule has 0 radical (unpaired) electrons. The first-order chi connectivity index (χ1) is 11.6. The summed E-state index contributed by atoms with van der Waals surface area (Å²) in [5, 5.41) is 0. The van der Waals surface area contributed by atoms with Crippen LogP contribution in [0.25, 0.3) is 0 Å². The van der Waals surface area contributed by atoms with E-state index in [9.17, 15) is 4.79 Å². The molecule has 2 aliphatic rings. The van der Waals surface area contributed by atoms with E-state index in [0.29, 0.717) is 12.6 Å². The fourth-order valence-corrected chi connectivity index (χ4v) is 4.02. The van der Waals surface area contributed by atoms with Crippen LogP contribution in [0.2, 0.25) is 0 Å². The van der Waals surface area contributed by atoms with Gasteiger partial charge in [0.15, 0.2) is 0 Å². The molecule has 1 aromatic heterocycles. The van der Waals surface area contributed by atoms with Gasteiger partial charge >= 0.3 is 0 Å². The largest absolute Gasteiger partial charge is 0.340 e. The first-order valence-corrected chi connectivity index (χ1v) is 9.21. The molecule has 0 aliphatic carbocycles. The van der Waals surface area contributed by atoms with Crippen LogP contribution < -0.4 is 0 Å². The number of aromatic nitrogens is 1. The molecule has 5 nitrogen and oxygen atoms in total. The third-order valence-corrected chi connectivity index (χ3v) is 5.51. The molecule has 1 atom stereocenters. The molecular weight excluding hydrogens is 300 g/mol. The summed E-state index contributed by atoms with van der Waals surface area (Å²) in [6, 6.07) is 6.53. The van der Waals surface area contributed by atoms with Crippen LogP contribution in [-0.4, -0.2) is 71.9 Å². The van der Waals surface area contributed by atoms with Crippen LogP contribution in [0, 0.1) is 5.92 Å². The number of carbonyl (C=O) groups excluding carboxylic acids is 1. The lowest BCUT2D eigenvalue weighted by atomic mass is 9.93. The van der Waals surface area contributed by atoms with Crippen molar-refractivity contribution in [3.05, 3.63) is 30.1 Å². The third-order valence-electron chi connectivity index (χ3n) is 5.51. The standard InChI is InChI=1S/C19H30N4O/c1-21-12-8-18(9-13-21)23-11-5-6-16(14-23)19(24)22(2)15-17-7-3-4-10-20-17/h3-4,7,10,16,18H,5-6,8-9,11-15H2,1-2H3/t16-/m1/s1. The number of nitrogens with zero attached hydrogens (tertiary/aromatic N) is 4. The van der Waals surface area contributed by atoms with Gasteiger partial charge < -0.3 is 9.80 Å². The molecule has 0 spiro atoms. The van der Waals surface area contributed by atoms with Crippen LogP contribution >= 0.6 is 0 Å². The highest BCUT2D eigenvalue weighted by molar-refractivity contribution is 5.78. The van der Waals surface area contributed by atoms with Crippen LogP contribution in [-0.2, 0) is 11.3 Å². The predicted molar refractivity (Wildman–Crippen MR) is 95.5 cm³/mol. The minimum absolute atomic E-state index is 0.145. The summed E-state index contributed by atoms with van der Waals surface area (Å²) >= 11 is 0. The number of hydrogen-bond acceptors (Lipinski definition) is 4. The maximum atomic E-state index is 12.8. The molecule has 2 fully saturated rings. The van der Waals surface area contributed by atoms with E-state index < -0.39 is 0 Å². The number of pyridine rings is 1. The zero-order valence-corrected chi connectivity index (χ0v) is 15.0. The van der Waals surface area contributed by atoms with Gasteiger partial charge in [0.25, 0.3) is 0 Å². The second kappa shape index (κ2) is 8.08. The maximum Gasteiger partial charge on any atom is 0.227 e. The first-order valence-electron chi connectivity index (χ1n) is 9.21. The quantitative estimate of drug-likeness (QED) is 0.845. The van der Waals surface area contributed by atoms with Gasteiger partial charge in [0, 0.05) is 25.8 Å². The summed E-state index contributed by atoms with van der Waals surface area (Å²) in [4.78, 5) is 24.0. The fourth-order valence-electron chi connectivity index (χ4n) is 4.02. The summed E-state index contributed by atoms with van der Waals surface area (Å²) < 4.78 is 0. The van der Waals surface area contributed by atoms with Gasteiger partial charge in [-0.05, 0) is 64.5 Å². The Morgan fingerprint density at radius 1 is 1.25 bits per heavy atom. The number of piperidine rings is 2. The fraction of sp³-hybridized carbons (Fsp3) is 0.684.